The van der Waals surface area contributed by atoms with Crippen LogP contribution in [0.3, 0.4) is 0 Å². The van der Waals surface area contributed by atoms with E-state index in [-0.39, 0.29) is 17.7 Å². The highest BCUT2D eigenvalue weighted by Crippen LogP contribution is 2.30. The normalized spacial score (nSPS) is 16.4. The van der Waals surface area contributed by atoms with Gasteiger partial charge in [-0.1, -0.05) is 25.5 Å². The van der Waals surface area contributed by atoms with Crippen LogP contribution < -0.4 is 10.1 Å². The summed E-state index contributed by atoms with van der Waals surface area (Å²) in [5, 5.41) is 2.75. The molecule has 31 heavy (non-hydrogen) atoms. The first-order valence-electron chi connectivity index (χ1n) is 10.4. The van der Waals surface area contributed by atoms with Gasteiger partial charge in [0.1, 0.15) is 11.8 Å². The second-order valence-corrected chi connectivity index (χ2v) is 9.49. The van der Waals surface area contributed by atoms with Crippen molar-refractivity contribution in [2.45, 2.75) is 56.9 Å². The van der Waals surface area contributed by atoms with Crippen LogP contribution >= 0.6 is 0 Å². The van der Waals surface area contributed by atoms with Crippen molar-refractivity contribution in [2.24, 2.45) is 0 Å². The maximum atomic E-state index is 13.2. The van der Waals surface area contributed by atoms with Gasteiger partial charge in [-0.05, 0) is 67.6 Å². The number of hydrogen-bond donors (Lipinski definition) is 1. The predicted octanol–water partition coefficient (Wildman–Crippen LogP) is 3.66. The first-order valence-corrected chi connectivity index (χ1v) is 11.8. The van der Waals surface area contributed by atoms with Crippen LogP contribution in [0, 0.1) is 6.92 Å². The van der Waals surface area contributed by atoms with Crippen LogP contribution in [-0.2, 0) is 26.0 Å². The number of carbonyl (C=O) groups is 2. The number of hydrogen-bond acceptors (Lipinski definition) is 5. The quantitative estimate of drug-likeness (QED) is 0.671. The number of ether oxygens (including phenoxy) is 1. The Kier molecular flexibility index (Phi) is 7.00. The third-order valence-corrected chi connectivity index (χ3v) is 7.25. The maximum absolute atomic E-state index is 13.2. The first kappa shape index (κ1) is 22.8. The molecule has 8 heteroatoms. The molecule has 2 aromatic rings. The highest BCUT2D eigenvalue weighted by Gasteiger charge is 2.44. The van der Waals surface area contributed by atoms with Crippen molar-refractivity contribution in [1.29, 1.82) is 0 Å². The van der Waals surface area contributed by atoms with Gasteiger partial charge < -0.3 is 10.1 Å². The lowest BCUT2D eigenvalue weighted by atomic mass is 10.1. The van der Waals surface area contributed by atoms with Gasteiger partial charge in [-0.15, -0.1) is 0 Å². The predicted molar refractivity (Wildman–Crippen MR) is 118 cm³/mol. The summed E-state index contributed by atoms with van der Waals surface area (Å²) >= 11 is 0. The number of amides is 2. The van der Waals surface area contributed by atoms with Gasteiger partial charge in [0.05, 0.1) is 12.0 Å². The number of benzene rings is 2. The zero-order chi connectivity index (χ0) is 22.6. The Hall–Kier alpha value is -2.87. The molecule has 1 atom stereocenters. The lowest BCUT2D eigenvalue weighted by Crippen LogP contribution is -2.45. The van der Waals surface area contributed by atoms with Gasteiger partial charge >= 0.3 is 0 Å². The molecule has 0 spiro atoms. The van der Waals surface area contributed by atoms with E-state index in [4.69, 9.17) is 4.74 Å². The van der Waals surface area contributed by atoms with Crippen LogP contribution in [0.25, 0.3) is 0 Å². The molecule has 2 amide bonds. The van der Waals surface area contributed by atoms with Crippen molar-refractivity contribution in [3.05, 3.63) is 53.6 Å². The zero-order valence-electron chi connectivity index (χ0n) is 18.1. The van der Waals surface area contributed by atoms with Gasteiger partial charge in [-0.2, -0.15) is 0 Å². The summed E-state index contributed by atoms with van der Waals surface area (Å²) in [5.74, 6) is -0.548. The highest BCUT2D eigenvalue weighted by molar-refractivity contribution is 7.89. The second-order valence-electron chi connectivity index (χ2n) is 7.67. The number of rotatable bonds is 8. The zero-order valence-corrected chi connectivity index (χ0v) is 18.9. The number of nitrogens with one attached hydrogen (secondary N) is 1. The maximum Gasteiger partial charge on any atom is 0.267 e. The van der Waals surface area contributed by atoms with Gasteiger partial charge in [-0.25, -0.2) is 12.7 Å². The number of carbonyl (C=O) groups excluding carboxylic acids is 2. The fourth-order valence-corrected chi connectivity index (χ4v) is 5.38. The molecule has 0 aliphatic carbocycles. The van der Waals surface area contributed by atoms with Crippen LogP contribution in [-0.4, -0.2) is 37.7 Å². The summed E-state index contributed by atoms with van der Waals surface area (Å²) < 4.78 is 32.3. The summed E-state index contributed by atoms with van der Waals surface area (Å²) in [7, 11) is -2.67. The van der Waals surface area contributed by atoms with Gasteiger partial charge in [0.15, 0.2) is 0 Å². The SMILES string of the molecule is CCCCc1ccc(NC(=O)[C@@H]2CCC(=O)N2S(=O)(=O)c2ccc(OC)c(C)c2)cc1. The van der Waals surface area contributed by atoms with Crippen molar-refractivity contribution < 1.29 is 22.7 Å². The monoisotopic (exact) mass is 444 g/mol. The first-order chi connectivity index (χ1) is 14.8. The Morgan fingerprint density at radius 3 is 2.52 bits per heavy atom. The second kappa shape index (κ2) is 9.51. The number of methoxy groups -OCH3 is 1. The molecule has 2 aromatic carbocycles. The molecule has 1 N–H and O–H groups in total. The lowest BCUT2D eigenvalue weighted by molar-refractivity contribution is -0.128. The Labute approximate surface area is 183 Å². The van der Waals surface area contributed by atoms with Crippen molar-refractivity contribution >= 4 is 27.5 Å². The molecule has 3 rings (SSSR count). The van der Waals surface area contributed by atoms with E-state index in [1.165, 1.54) is 30.9 Å². The van der Waals surface area contributed by atoms with Crippen LogP contribution in [0.15, 0.2) is 47.4 Å². The van der Waals surface area contributed by atoms with Crippen LogP contribution in [0.4, 0.5) is 5.69 Å². The molecule has 166 valence electrons. The van der Waals surface area contributed by atoms with Crippen molar-refractivity contribution in [1.82, 2.24) is 4.31 Å². The van der Waals surface area contributed by atoms with Crippen molar-refractivity contribution in [2.75, 3.05) is 12.4 Å². The van der Waals surface area contributed by atoms with Gasteiger partial charge in [0.25, 0.3) is 10.0 Å². The van der Waals surface area contributed by atoms with Crippen LogP contribution in [0.5, 0.6) is 5.75 Å². The summed E-state index contributed by atoms with van der Waals surface area (Å²) in [4.78, 5) is 25.3. The molecule has 1 aliphatic heterocycles. The molecular formula is C23H28N2O5S. The van der Waals surface area contributed by atoms with E-state index >= 15 is 0 Å². The van der Waals surface area contributed by atoms with Crippen molar-refractivity contribution in [3.63, 3.8) is 0 Å². The molecule has 1 saturated heterocycles. The third kappa shape index (κ3) is 4.90. The highest BCUT2D eigenvalue weighted by atomic mass is 32.2. The minimum absolute atomic E-state index is 0.00239. The summed E-state index contributed by atoms with van der Waals surface area (Å²) in [6.45, 7) is 3.85. The van der Waals surface area contributed by atoms with E-state index in [9.17, 15) is 18.0 Å². The molecule has 0 aromatic heterocycles. The third-order valence-electron chi connectivity index (χ3n) is 5.43. The van der Waals surface area contributed by atoms with Crippen molar-refractivity contribution in [3.8, 4) is 5.75 Å². The number of nitrogens with zero attached hydrogens (tertiary/aromatic N) is 1. The molecule has 0 radical (unpaired) electrons. The largest absolute Gasteiger partial charge is 0.496 e. The van der Waals surface area contributed by atoms with E-state index in [0.29, 0.717) is 17.0 Å². The Bertz CT molecular complexity index is 1060. The minimum Gasteiger partial charge on any atom is -0.496 e. The number of unbranched alkanes of at least 4 members (excludes halogenated alkanes) is 1. The topological polar surface area (TPSA) is 92.8 Å². The van der Waals surface area contributed by atoms with Crippen LogP contribution in [0.2, 0.25) is 0 Å². The Morgan fingerprint density at radius 1 is 1.19 bits per heavy atom. The fourth-order valence-electron chi connectivity index (χ4n) is 3.69. The fraction of sp³-hybridized carbons (Fsp3) is 0.391. The summed E-state index contributed by atoms with van der Waals surface area (Å²) in [6, 6.07) is 10.8. The summed E-state index contributed by atoms with van der Waals surface area (Å²) in [5.41, 5.74) is 2.37. The Morgan fingerprint density at radius 2 is 1.90 bits per heavy atom. The molecule has 7 nitrogen and oxygen atoms in total. The average molecular weight is 445 g/mol. The lowest BCUT2D eigenvalue weighted by Gasteiger charge is -2.24. The van der Waals surface area contributed by atoms with E-state index in [1.807, 2.05) is 12.1 Å². The number of anilines is 1. The molecule has 1 aliphatic rings. The number of sulfonamides is 1. The molecular weight excluding hydrogens is 416 g/mol. The molecule has 0 bridgehead atoms. The van der Waals surface area contributed by atoms with Gasteiger partial charge in [-0.3, -0.25) is 9.59 Å². The number of aryl methyl sites for hydroxylation is 2. The standard InChI is InChI=1S/C23H28N2O5S/c1-4-5-6-17-7-9-18(10-8-17)24-23(27)20-12-14-22(26)25(20)31(28,29)19-11-13-21(30-3)16(2)15-19/h7-11,13,15,20H,4-6,12,14H2,1-3H3,(H,24,27)/t20-/m0/s1. The molecule has 0 unspecified atom stereocenters. The van der Waals surface area contributed by atoms with E-state index in [0.717, 1.165) is 23.6 Å². The van der Waals surface area contributed by atoms with Crippen LogP contribution in [0.1, 0.15) is 43.7 Å². The van der Waals surface area contributed by atoms with E-state index in [1.54, 1.807) is 19.1 Å². The molecule has 1 heterocycles. The molecule has 0 saturated carbocycles. The average Bonchev–Trinajstić information content (AvgIpc) is 3.15. The van der Waals surface area contributed by atoms with Gasteiger partial charge in [0, 0.05) is 12.1 Å². The van der Waals surface area contributed by atoms with E-state index in [2.05, 4.69) is 12.2 Å². The minimum atomic E-state index is -4.17. The smallest absolute Gasteiger partial charge is 0.267 e. The molecule has 1 fully saturated rings. The Balaban J connectivity index is 1.80. The van der Waals surface area contributed by atoms with Gasteiger partial charge in [0.2, 0.25) is 11.8 Å². The van der Waals surface area contributed by atoms with E-state index < -0.39 is 27.9 Å². The summed E-state index contributed by atoms with van der Waals surface area (Å²) in [6.07, 6.45) is 3.31.